The third kappa shape index (κ3) is 2.31. The normalized spacial score (nSPS) is 38.7. The fourth-order valence-corrected chi connectivity index (χ4v) is 3.44. The van der Waals surface area contributed by atoms with E-state index in [1.165, 1.54) is 44.3 Å². The summed E-state index contributed by atoms with van der Waals surface area (Å²) in [5, 5.41) is 0. The van der Waals surface area contributed by atoms with Crippen molar-refractivity contribution in [3.63, 3.8) is 0 Å². The van der Waals surface area contributed by atoms with Crippen molar-refractivity contribution in [3.8, 4) is 0 Å². The number of allylic oxidation sites excluding steroid dienone is 2. The third-order valence-corrected chi connectivity index (χ3v) is 4.13. The molecular formula is C12H21S+. The second kappa shape index (κ2) is 4.54. The smallest absolute Gasteiger partial charge is 0.0882 e. The summed E-state index contributed by atoms with van der Waals surface area (Å²) in [5.74, 6) is 4.28. The fraction of sp³-hybridized carbons (Fsp3) is 0.833. The van der Waals surface area contributed by atoms with Gasteiger partial charge in [0.1, 0.15) is 5.75 Å². The van der Waals surface area contributed by atoms with Gasteiger partial charge in [0.05, 0.1) is 0 Å². The molecule has 3 unspecified atom stereocenters. The molecule has 2 aliphatic rings. The molecule has 1 heteroatoms. The van der Waals surface area contributed by atoms with Gasteiger partial charge in [0.2, 0.25) is 0 Å². The first-order valence-corrected chi connectivity index (χ1v) is 6.40. The molecule has 0 aromatic heterocycles. The van der Waals surface area contributed by atoms with Crippen LogP contribution < -0.4 is 0 Å². The van der Waals surface area contributed by atoms with E-state index in [-0.39, 0.29) is 0 Å². The second-order valence-electron chi connectivity index (χ2n) is 4.68. The quantitative estimate of drug-likeness (QED) is 0.472. The van der Waals surface area contributed by atoms with Crippen LogP contribution >= 0.6 is 0 Å². The lowest BCUT2D eigenvalue weighted by Crippen LogP contribution is -2.26. The molecule has 74 valence electrons. The summed E-state index contributed by atoms with van der Waals surface area (Å²) in [6.45, 7) is 0. The molecule has 0 saturated heterocycles. The first-order chi connectivity index (χ1) is 6.40. The molecule has 0 bridgehead atoms. The molecule has 1 saturated carbocycles. The van der Waals surface area contributed by atoms with E-state index in [1.54, 1.807) is 0 Å². The van der Waals surface area contributed by atoms with Crippen LogP contribution in [0.15, 0.2) is 12.2 Å². The highest BCUT2D eigenvalue weighted by atomic mass is 32.1. The van der Waals surface area contributed by atoms with Gasteiger partial charge in [0, 0.05) is 0 Å². The van der Waals surface area contributed by atoms with Crippen molar-refractivity contribution in [1.29, 1.82) is 0 Å². The Morgan fingerprint density at radius 3 is 2.62 bits per heavy atom. The Morgan fingerprint density at radius 1 is 1.08 bits per heavy atom. The Kier molecular flexibility index (Phi) is 3.37. The standard InChI is InChI=1S/C12H20S/c13-8-7-10-5-6-11-3-1-2-4-12(11)9-10/h1-2,10-13H,3-9H2/p+1. The van der Waals surface area contributed by atoms with Crippen LogP contribution in [0.25, 0.3) is 0 Å². The molecule has 0 nitrogen and oxygen atoms in total. The predicted octanol–water partition coefficient (Wildman–Crippen LogP) is 2.77. The summed E-state index contributed by atoms with van der Waals surface area (Å²) >= 11 is 3.60. The van der Waals surface area contributed by atoms with Crippen LogP contribution in [-0.4, -0.2) is 5.75 Å². The molecular weight excluding hydrogens is 176 g/mol. The highest BCUT2D eigenvalue weighted by Gasteiger charge is 2.30. The van der Waals surface area contributed by atoms with Crippen LogP contribution in [-0.2, 0) is 12.6 Å². The molecule has 1 fully saturated rings. The van der Waals surface area contributed by atoms with Gasteiger partial charge >= 0.3 is 0 Å². The maximum atomic E-state index is 3.60. The summed E-state index contributed by atoms with van der Waals surface area (Å²) in [4.78, 5) is 0. The van der Waals surface area contributed by atoms with Gasteiger partial charge < -0.3 is 0 Å². The van der Waals surface area contributed by atoms with Crippen molar-refractivity contribution in [3.05, 3.63) is 12.2 Å². The molecule has 0 amide bonds. The van der Waals surface area contributed by atoms with Gasteiger partial charge in [0.15, 0.2) is 0 Å². The Labute approximate surface area is 87.2 Å². The van der Waals surface area contributed by atoms with Crippen LogP contribution in [0.4, 0.5) is 0 Å². The van der Waals surface area contributed by atoms with Crippen molar-refractivity contribution in [2.75, 3.05) is 5.75 Å². The van der Waals surface area contributed by atoms with E-state index in [0.29, 0.717) is 0 Å². The van der Waals surface area contributed by atoms with Gasteiger partial charge in [-0.3, -0.25) is 0 Å². The van der Waals surface area contributed by atoms with Crippen molar-refractivity contribution < 1.29 is 0 Å². The third-order valence-electron chi connectivity index (χ3n) is 3.85. The largest absolute Gasteiger partial charge is 0.103 e. The summed E-state index contributed by atoms with van der Waals surface area (Å²) in [5.41, 5.74) is 0. The molecule has 0 aromatic carbocycles. The monoisotopic (exact) mass is 197 g/mol. The molecule has 2 aliphatic carbocycles. The number of hydrogen-bond acceptors (Lipinski definition) is 0. The fourth-order valence-electron chi connectivity index (χ4n) is 3.03. The zero-order valence-electron chi connectivity index (χ0n) is 8.34. The second-order valence-corrected chi connectivity index (χ2v) is 5.18. The lowest BCUT2D eigenvalue weighted by molar-refractivity contribution is 0.173. The Bertz CT molecular complexity index is 186. The molecule has 0 aromatic rings. The SMILES string of the molecule is [SH2+]CCC1CCC2CC=CCC2C1. The minimum absolute atomic E-state index is 1.02. The molecule has 3 atom stereocenters. The first-order valence-electron chi connectivity index (χ1n) is 5.69. The highest BCUT2D eigenvalue weighted by molar-refractivity contribution is 7.58. The van der Waals surface area contributed by atoms with Crippen molar-refractivity contribution >= 4 is 12.6 Å². The average Bonchev–Trinajstić information content (AvgIpc) is 2.18. The number of rotatable bonds is 2. The lowest BCUT2D eigenvalue weighted by Gasteiger charge is -2.36. The van der Waals surface area contributed by atoms with E-state index in [9.17, 15) is 0 Å². The van der Waals surface area contributed by atoms with Crippen molar-refractivity contribution in [1.82, 2.24) is 0 Å². The van der Waals surface area contributed by atoms with E-state index < -0.39 is 0 Å². The van der Waals surface area contributed by atoms with Gasteiger partial charge in [0.25, 0.3) is 0 Å². The topological polar surface area (TPSA) is 0 Å². The van der Waals surface area contributed by atoms with E-state index in [2.05, 4.69) is 24.8 Å². The minimum Gasteiger partial charge on any atom is -0.0882 e. The van der Waals surface area contributed by atoms with Gasteiger partial charge in [-0.25, -0.2) is 0 Å². The van der Waals surface area contributed by atoms with Crippen LogP contribution in [0.5, 0.6) is 0 Å². The molecule has 0 N–H and O–H groups in total. The number of hydrogen-bond donors (Lipinski definition) is 0. The minimum atomic E-state index is 1.02. The molecule has 0 spiro atoms. The molecule has 13 heavy (non-hydrogen) atoms. The van der Waals surface area contributed by atoms with E-state index in [4.69, 9.17) is 0 Å². The van der Waals surface area contributed by atoms with Crippen molar-refractivity contribution in [2.45, 2.75) is 38.5 Å². The van der Waals surface area contributed by atoms with Crippen molar-refractivity contribution in [2.24, 2.45) is 17.8 Å². The predicted molar refractivity (Wildman–Crippen MR) is 62.3 cm³/mol. The molecule has 2 rings (SSSR count). The summed E-state index contributed by atoms with van der Waals surface area (Å²) in [6.07, 6.45) is 13.4. The maximum absolute atomic E-state index is 3.60. The van der Waals surface area contributed by atoms with Crippen LogP contribution in [0.2, 0.25) is 0 Å². The highest BCUT2D eigenvalue weighted by Crippen LogP contribution is 2.41. The number of fused-ring (bicyclic) bond motifs is 1. The van der Waals surface area contributed by atoms with E-state index >= 15 is 0 Å². The van der Waals surface area contributed by atoms with Crippen LogP contribution in [0.1, 0.15) is 38.5 Å². The Morgan fingerprint density at radius 2 is 1.85 bits per heavy atom. The molecule has 0 heterocycles. The van der Waals surface area contributed by atoms with Gasteiger partial charge in [-0.15, -0.1) is 0 Å². The first kappa shape index (κ1) is 9.64. The van der Waals surface area contributed by atoms with Gasteiger partial charge in [-0.2, -0.15) is 0 Å². The van der Waals surface area contributed by atoms with Gasteiger partial charge in [-0.05, 0) is 68.9 Å². The van der Waals surface area contributed by atoms with E-state index in [1.807, 2.05) is 0 Å². The summed E-state index contributed by atoms with van der Waals surface area (Å²) < 4.78 is 0. The maximum Gasteiger partial charge on any atom is 0.103 e. The van der Waals surface area contributed by atoms with Crippen LogP contribution in [0.3, 0.4) is 0 Å². The molecule has 0 aliphatic heterocycles. The van der Waals surface area contributed by atoms with Crippen LogP contribution in [0, 0.1) is 17.8 Å². The molecule has 0 radical (unpaired) electrons. The van der Waals surface area contributed by atoms with Gasteiger partial charge in [-0.1, -0.05) is 12.2 Å². The summed E-state index contributed by atoms with van der Waals surface area (Å²) in [7, 11) is 0. The average molecular weight is 197 g/mol. The Hall–Kier alpha value is 0.0900. The lowest BCUT2D eigenvalue weighted by atomic mass is 9.69. The summed E-state index contributed by atoms with van der Waals surface area (Å²) in [6, 6.07) is 0. The zero-order chi connectivity index (χ0) is 9.10. The van der Waals surface area contributed by atoms with E-state index in [0.717, 1.165) is 17.8 Å². The zero-order valence-corrected chi connectivity index (χ0v) is 9.34. The Balaban J connectivity index is 1.88.